The Hall–Kier alpha value is -0.175. The lowest BCUT2D eigenvalue weighted by Gasteiger charge is -1.85. The summed E-state index contributed by atoms with van der Waals surface area (Å²) in [6.45, 7) is 0. The SMILES string of the molecule is [B]/N=C/C1=CCCS1. The van der Waals surface area contributed by atoms with E-state index in [0.29, 0.717) is 0 Å². The molecule has 1 aliphatic heterocycles. The molecule has 1 heterocycles. The molecule has 0 spiro atoms. The highest BCUT2D eigenvalue weighted by atomic mass is 32.2. The number of thioether (sulfide) groups is 1. The number of allylic oxidation sites excluding steroid dienone is 2. The van der Waals surface area contributed by atoms with E-state index in [1.807, 2.05) is 0 Å². The first-order valence-corrected chi connectivity index (χ1v) is 3.48. The van der Waals surface area contributed by atoms with E-state index in [0.717, 1.165) is 6.42 Å². The van der Waals surface area contributed by atoms with Crippen molar-refractivity contribution in [3.8, 4) is 0 Å². The van der Waals surface area contributed by atoms with Gasteiger partial charge >= 0.3 is 0 Å². The van der Waals surface area contributed by atoms with Crippen LogP contribution in [-0.2, 0) is 0 Å². The average molecular weight is 123 g/mol. The van der Waals surface area contributed by atoms with Gasteiger partial charge in [0, 0.05) is 16.9 Å². The molecule has 0 aromatic heterocycles. The molecule has 3 heteroatoms. The molecular formula is C5H6BNS. The summed E-state index contributed by atoms with van der Waals surface area (Å²) in [5.41, 5.74) is 0. The summed E-state index contributed by atoms with van der Waals surface area (Å²) >= 11 is 1.80. The second-order valence-corrected chi connectivity index (χ2v) is 2.69. The maximum Gasteiger partial charge on any atom is 0.259 e. The third-order valence-electron chi connectivity index (χ3n) is 0.934. The number of rotatable bonds is 1. The molecular weight excluding hydrogens is 117 g/mol. The van der Waals surface area contributed by atoms with Crippen molar-refractivity contribution in [2.24, 2.45) is 4.90 Å². The minimum atomic E-state index is 1.16. The fourth-order valence-electron chi connectivity index (χ4n) is 0.600. The molecule has 2 radical (unpaired) electrons. The second kappa shape index (κ2) is 2.97. The van der Waals surface area contributed by atoms with Crippen LogP contribution in [0.4, 0.5) is 0 Å². The Morgan fingerprint density at radius 3 is 3.25 bits per heavy atom. The predicted molar refractivity (Wildman–Crippen MR) is 39.4 cm³/mol. The maximum absolute atomic E-state index is 4.92. The van der Waals surface area contributed by atoms with Crippen molar-refractivity contribution in [3.05, 3.63) is 11.0 Å². The highest BCUT2D eigenvalue weighted by Gasteiger charge is 1.99. The smallest absolute Gasteiger partial charge is 0.259 e. The second-order valence-electron chi connectivity index (χ2n) is 1.52. The molecule has 1 rings (SSSR count). The maximum atomic E-state index is 4.92. The number of hydrogen-bond acceptors (Lipinski definition) is 2. The minimum absolute atomic E-state index is 1.16. The van der Waals surface area contributed by atoms with Crippen LogP contribution < -0.4 is 0 Å². The Kier molecular flexibility index (Phi) is 2.21. The molecule has 0 unspecified atom stereocenters. The summed E-state index contributed by atoms with van der Waals surface area (Å²) in [7, 11) is 4.92. The summed E-state index contributed by atoms with van der Waals surface area (Å²) in [5, 5.41) is 0. The molecule has 40 valence electrons. The van der Waals surface area contributed by atoms with Crippen molar-refractivity contribution in [1.82, 2.24) is 0 Å². The standard InChI is InChI=1S/C5H6BNS/c6-7-4-5-2-1-3-8-5/h2,4H,1,3H2/b7-4+. The Balaban J connectivity index is 2.45. The van der Waals surface area contributed by atoms with Crippen molar-refractivity contribution in [3.63, 3.8) is 0 Å². The van der Waals surface area contributed by atoms with Crippen molar-refractivity contribution < 1.29 is 0 Å². The van der Waals surface area contributed by atoms with Gasteiger partial charge in [0.15, 0.2) is 0 Å². The van der Waals surface area contributed by atoms with Gasteiger partial charge < -0.3 is 4.90 Å². The van der Waals surface area contributed by atoms with Crippen LogP contribution in [0, 0.1) is 0 Å². The van der Waals surface area contributed by atoms with E-state index in [2.05, 4.69) is 11.0 Å². The zero-order chi connectivity index (χ0) is 5.82. The Labute approximate surface area is 54.7 Å². The largest absolute Gasteiger partial charge is 0.362 e. The fraction of sp³-hybridized carbons (Fsp3) is 0.400. The van der Waals surface area contributed by atoms with Gasteiger partial charge in [0.25, 0.3) is 7.98 Å². The van der Waals surface area contributed by atoms with Gasteiger partial charge in [-0.2, -0.15) is 0 Å². The first-order valence-electron chi connectivity index (χ1n) is 2.49. The van der Waals surface area contributed by atoms with E-state index in [1.54, 1.807) is 18.0 Å². The Bertz CT molecular complexity index is 130. The molecule has 0 amide bonds. The predicted octanol–water partition coefficient (Wildman–Crippen LogP) is 1.16. The molecule has 0 aromatic carbocycles. The van der Waals surface area contributed by atoms with Crippen LogP contribution in [-0.4, -0.2) is 19.9 Å². The van der Waals surface area contributed by atoms with Crippen molar-refractivity contribution >= 4 is 26.0 Å². The Morgan fingerprint density at radius 2 is 2.75 bits per heavy atom. The lowest BCUT2D eigenvalue weighted by Crippen LogP contribution is -1.71. The number of hydrogen-bond donors (Lipinski definition) is 0. The highest BCUT2D eigenvalue weighted by Crippen LogP contribution is 2.21. The van der Waals surface area contributed by atoms with Gasteiger partial charge in [-0.25, -0.2) is 0 Å². The van der Waals surface area contributed by atoms with Gasteiger partial charge in [0.1, 0.15) is 0 Å². The van der Waals surface area contributed by atoms with Crippen LogP contribution in [0.3, 0.4) is 0 Å². The molecule has 0 saturated heterocycles. The molecule has 8 heavy (non-hydrogen) atoms. The Morgan fingerprint density at radius 1 is 1.88 bits per heavy atom. The summed E-state index contributed by atoms with van der Waals surface area (Å²) in [6.07, 6.45) is 4.99. The van der Waals surface area contributed by atoms with E-state index in [9.17, 15) is 0 Å². The van der Waals surface area contributed by atoms with Gasteiger partial charge in [0.2, 0.25) is 0 Å². The molecule has 1 nitrogen and oxygen atoms in total. The summed E-state index contributed by atoms with van der Waals surface area (Å²) < 4.78 is 0. The van der Waals surface area contributed by atoms with Crippen molar-refractivity contribution in [2.45, 2.75) is 6.42 Å². The highest BCUT2D eigenvalue weighted by molar-refractivity contribution is 8.04. The lowest BCUT2D eigenvalue weighted by atomic mass is 10.4. The molecule has 0 aromatic rings. The van der Waals surface area contributed by atoms with Gasteiger partial charge in [-0.3, -0.25) is 0 Å². The van der Waals surface area contributed by atoms with Crippen LogP contribution in [0.25, 0.3) is 0 Å². The zero-order valence-corrected chi connectivity index (χ0v) is 5.32. The van der Waals surface area contributed by atoms with E-state index in [1.165, 1.54) is 10.7 Å². The summed E-state index contributed by atoms with van der Waals surface area (Å²) in [6, 6.07) is 0. The first-order chi connectivity index (χ1) is 3.93. The quantitative estimate of drug-likeness (QED) is 0.376. The van der Waals surface area contributed by atoms with Gasteiger partial charge in [-0.1, -0.05) is 6.08 Å². The van der Waals surface area contributed by atoms with Crippen molar-refractivity contribution in [1.29, 1.82) is 0 Å². The van der Waals surface area contributed by atoms with Crippen LogP contribution >= 0.6 is 11.8 Å². The molecule has 0 aliphatic carbocycles. The topological polar surface area (TPSA) is 12.4 Å². The van der Waals surface area contributed by atoms with E-state index >= 15 is 0 Å². The van der Waals surface area contributed by atoms with Crippen LogP contribution in [0.15, 0.2) is 15.9 Å². The third kappa shape index (κ3) is 1.40. The van der Waals surface area contributed by atoms with E-state index < -0.39 is 0 Å². The van der Waals surface area contributed by atoms with Crippen LogP contribution in [0.5, 0.6) is 0 Å². The average Bonchev–Trinajstić information content (AvgIpc) is 2.19. The summed E-state index contributed by atoms with van der Waals surface area (Å²) in [5.74, 6) is 1.18. The molecule has 0 N–H and O–H groups in total. The summed E-state index contributed by atoms with van der Waals surface area (Å²) in [4.78, 5) is 4.60. The van der Waals surface area contributed by atoms with Crippen LogP contribution in [0.1, 0.15) is 6.42 Å². The molecule has 0 fully saturated rings. The normalized spacial score (nSPS) is 19.8. The van der Waals surface area contributed by atoms with Crippen molar-refractivity contribution in [2.75, 3.05) is 5.75 Å². The van der Waals surface area contributed by atoms with Gasteiger partial charge in [-0.15, -0.1) is 11.8 Å². The van der Waals surface area contributed by atoms with Gasteiger partial charge in [-0.05, 0) is 6.42 Å². The number of nitrogens with zero attached hydrogens (tertiary/aromatic N) is 1. The molecule has 0 bridgehead atoms. The molecule has 0 atom stereocenters. The molecule has 0 saturated carbocycles. The minimum Gasteiger partial charge on any atom is -0.362 e. The van der Waals surface area contributed by atoms with E-state index in [4.69, 9.17) is 7.98 Å². The first kappa shape index (κ1) is 5.95. The lowest BCUT2D eigenvalue weighted by molar-refractivity contribution is 1.27. The van der Waals surface area contributed by atoms with Crippen LogP contribution in [0.2, 0.25) is 0 Å². The monoisotopic (exact) mass is 123 g/mol. The molecule has 1 aliphatic rings. The fourth-order valence-corrected chi connectivity index (χ4v) is 1.44. The zero-order valence-electron chi connectivity index (χ0n) is 4.50. The third-order valence-corrected chi connectivity index (χ3v) is 1.98. The van der Waals surface area contributed by atoms with E-state index in [-0.39, 0.29) is 0 Å². The van der Waals surface area contributed by atoms with Gasteiger partial charge in [0.05, 0.1) is 0 Å².